The number of allylic oxidation sites excluding steroid dienone is 1. The average molecular weight is 437 g/mol. The summed E-state index contributed by atoms with van der Waals surface area (Å²) in [6.07, 6.45) is 2.28. The number of benzene rings is 1. The minimum absolute atomic E-state index is 0.166. The van der Waals surface area contributed by atoms with Crippen molar-refractivity contribution >= 4 is 33.6 Å². The van der Waals surface area contributed by atoms with E-state index in [1.54, 1.807) is 6.08 Å². The third-order valence-corrected chi connectivity index (χ3v) is 5.34. The monoisotopic (exact) mass is 436 g/mol. The van der Waals surface area contributed by atoms with Crippen molar-refractivity contribution in [2.24, 2.45) is 0 Å². The molecule has 2 aromatic rings. The summed E-state index contributed by atoms with van der Waals surface area (Å²) in [5.74, 6) is 1.63. The minimum atomic E-state index is 0.166. The van der Waals surface area contributed by atoms with Gasteiger partial charge in [0.25, 0.3) is 0 Å². The molecule has 0 saturated carbocycles. The Morgan fingerprint density at radius 1 is 1.31 bits per heavy atom. The zero-order valence-electron chi connectivity index (χ0n) is 14.4. The van der Waals surface area contributed by atoms with Gasteiger partial charge in [-0.1, -0.05) is 45.9 Å². The van der Waals surface area contributed by atoms with Gasteiger partial charge in [-0.15, -0.1) is 11.7 Å². The first-order valence-electron chi connectivity index (χ1n) is 8.47. The van der Waals surface area contributed by atoms with Crippen molar-refractivity contribution in [2.75, 3.05) is 32.1 Å². The lowest BCUT2D eigenvalue weighted by Crippen LogP contribution is -2.40. The first-order chi connectivity index (χ1) is 12.7. The molecule has 138 valence electrons. The van der Waals surface area contributed by atoms with Gasteiger partial charge in [0.1, 0.15) is 0 Å². The van der Waals surface area contributed by atoms with Gasteiger partial charge in [-0.2, -0.15) is 0 Å². The van der Waals surface area contributed by atoms with E-state index in [2.05, 4.69) is 32.6 Å². The normalized spacial score (nSPS) is 14.4. The molecule has 26 heavy (non-hydrogen) atoms. The maximum atomic E-state index is 12.2. The Hall–Kier alpha value is -1.64. The molecule has 0 unspecified atom stereocenters. The molecule has 1 amide bonds. The van der Waals surface area contributed by atoms with Gasteiger partial charge in [-0.3, -0.25) is 4.79 Å². The highest BCUT2D eigenvalue weighted by Gasteiger charge is 2.17. The summed E-state index contributed by atoms with van der Waals surface area (Å²) in [7, 11) is 0. The molecule has 0 aliphatic carbocycles. The number of amides is 1. The number of carbonyl (C=O) groups is 1. The molecule has 0 bridgehead atoms. The van der Waals surface area contributed by atoms with Crippen molar-refractivity contribution in [2.45, 2.75) is 18.1 Å². The lowest BCUT2D eigenvalue weighted by Gasteiger charge is -2.26. The maximum Gasteiger partial charge on any atom is 0.223 e. The number of rotatable bonds is 7. The largest absolute Gasteiger partial charge is 0.378 e. The van der Waals surface area contributed by atoms with Crippen LogP contribution in [0.15, 0.2) is 46.5 Å². The fourth-order valence-electron chi connectivity index (χ4n) is 2.65. The lowest BCUT2D eigenvalue weighted by atomic mass is 10.2. The maximum absolute atomic E-state index is 12.2. The Morgan fingerprint density at radius 3 is 2.73 bits per heavy atom. The summed E-state index contributed by atoms with van der Waals surface area (Å²) in [4.78, 5) is 18.7. The van der Waals surface area contributed by atoms with E-state index in [1.807, 2.05) is 33.8 Å². The van der Waals surface area contributed by atoms with Crippen LogP contribution in [-0.4, -0.2) is 57.6 Å². The summed E-state index contributed by atoms with van der Waals surface area (Å²) < 4.78 is 8.14. The van der Waals surface area contributed by atoms with Crippen LogP contribution in [0.5, 0.6) is 0 Å². The summed E-state index contributed by atoms with van der Waals surface area (Å²) in [5, 5.41) is 5.23. The van der Waals surface area contributed by atoms with E-state index in [9.17, 15) is 4.79 Å². The van der Waals surface area contributed by atoms with E-state index < -0.39 is 0 Å². The number of nitrogens with zero attached hydrogens (tertiary/aromatic N) is 4. The highest BCUT2D eigenvalue weighted by molar-refractivity contribution is 9.10. The van der Waals surface area contributed by atoms with E-state index in [1.165, 1.54) is 11.8 Å². The van der Waals surface area contributed by atoms with E-state index >= 15 is 0 Å². The van der Waals surface area contributed by atoms with Crippen molar-refractivity contribution in [3.8, 4) is 11.4 Å². The van der Waals surface area contributed by atoms with Gasteiger partial charge in [-0.25, -0.2) is 9.67 Å². The van der Waals surface area contributed by atoms with Crippen LogP contribution in [-0.2, 0) is 16.1 Å². The highest BCUT2D eigenvalue weighted by Crippen LogP contribution is 2.24. The summed E-state index contributed by atoms with van der Waals surface area (Å²) >= 11 is 4.95. The quantitative estimate of drug-likeness (QED) is 0.492. The molecule has 1 aliphatic rings. The molecule has 0 spiro atoms. The summed E-state index contributed by atoms with van der Waals surface area (Å²) in [6.45, 7) is 7.00. The molecule has 1 aliphatic heterocycles. The number of aromatic nitrogens is 3. The summed E-state index contributed by atoms with van der Waals surface area (Å²) in [5.41, 5.74) is 0.999. The zero-order chi connectivity index (χ0) is 18.4. The molecule has 2 heterocycles. The molecule has 1 fully saturated rings. The van der Waals surface area contributed by atoms with Crippen molar-refractivity contribution in [1.29, 1.82) is 0 Å². The number of morpholine rings is 1. The average Bonchev–Trinajstić information content (AvgIpc) is 3.06. The van der Waals surface area contributed by atoms with Crippen molar-refractivity contribution < 1.29 is 9.53 Å². The molecule has 1 aromatic carbocycles. The van der Waals surface area contributed by atoms with Crippen molar-refractivity contribution in [3.63, 3.8) is 0 Å². The number of hydrogen-bond acceptors (Lipinski definition) is 5. The van der Waals surface area contributed by atoms with Gasteiger partial charge in [0.2, 0.25) is 11.1 Å². The van der Waals surface area contributed by atoms with Crippen LogP contribution >= 0.6 is 27.7 Å². The number of thioether (sulfide) groups is 1. The lowest BCUT2D eigenvalue weighted by molar-refractivity contribution is -0.134. The molecule has 0 N–H and O–H groups in total. The zero-order valence-corrected chi connectivity index (χ0v) is 16.8. The molecule has 0 atom stereocenters. The Balaban J connectivity index is 1.62. The summed E-state index contributed by atoms with van der Waals surface area (Å²) in [6, 6.07) is 7.97. The van der Waals surface area contributed by atoms with E-state index in [-0.39, 0.29) is 5.91 Å². The van der Waals surface area contributed by atoms with Crippen LogP contribution in [0.1, 0.15) is 6.42 Å². The topological polar surface area (TPSA) is 60.2 Å². The van der Waals surface area contributed by atoms with Crippen LogP contribution < -0.4 is 0 Å². The molecule has 0 radical (unpaired) electrons. The first-order valence-corrected chi connectivity index (χ1v) is 10.2. The van der Waals surface area contributed by atoms with E-state index in [0.29, 0.717) is 50.2 Å². The second-order valence-electron chi connectivity index (χ2n) is 5.79. The first kappa shape index (κ1) is 19.1. The van der Waals surface area contributed by atoms with Gasteiger partial charge in [0.15, 0.2) is 5.82 Å². The Morgan fingerprint density at radius 2 is 2.04 bits per heavy atom. The van der Waals surface area contributed by atoms with E-state index in [0.717, 1.165) is 15.9 Å². The van der Waals surface area contributed by atoms with Gasteiger partial charge in [0, 0.05) is 35.3 Å². The molecule has 8 heteroatoms. The highest BCUT2D eigenvalue weighted by atomic mass is 79.9. The van der Waals surface area contributed by atoms with Gasteiger partial charge in [0.05, 0.1) is 19.8 Å². The molecular formula is C18H21BrN4O2S. The Labute approximate surface area is 165 Å². The number of carbonyl (C=O) groups excluding carboxylic acids is 1. The molecular weight excluding hydrogens is 416 g/mol. The van der Waals surface area contributed by atoms with Crippen LogP contribution in [0.2, 0.25) is 0 Å². The Bertz CT molecular complexity index is 757. The van der Waals surface area contributed by atoms with Crippen LogP contribution in [0.25, 0.3) is 11.4 Å². The number of halogens is 1. The van der Waals surface area contributed by atoms with Crippen LogP contribution in [0, 0.1) is 0 Å². The fourth-order valence-corrected chi connectivity index (χ4v) is 3.68. The van der Waals surface area contributed by atoms with Crippen LogP contribution in [0.3, 0.4) is 0 Å². The van der Waals surface area contributed by atoms with Gasteiger partial charge < -0.3 is 9.64 Å². The second kappa shape index (κ2) is 9.34. The SMILES string of the molecule is C=CCn1nc(SCCC(=O)N2CCOCC2)nc1-c1ccc(Br)cc1. The van der Waals surface area contributed by atoms with Crippen molar-refractivity contribution in [1.82, 2.24) is 19.7 Å². The second-order valence-corrected chi connectivity index (χ2v) is 7.77. The molecule has 3 rings (SSSR count). The predicted molar refractivity (Wildman–Crippen MR) is 106 cm³/mol. The predicted octanol–water partition coefficient (Wildman–Crippen LogP) is 3.23. The van der Waals surface area contributed by atoms with Crippen LogP contribution in [0.4, 0.5) is 0 Å². The van der Waals surface area contributed by atoms with Crippen molar-refractivity contribution in [3.05, 3.63) is 41.4 Å². The fraction of sp³-hybridized carbons (Fsp3) is 0.389. The third-order valence-electron chi connectivity index (χ3n) is 3.97. The molecule has 6 nitrogen and oxygen atoms in total. The Kier molecular flexibility index (Phi) is 6.87. The van der Waals surface area contributed by atoms with E-state index in [4.69, 9.17) is 4.74 Å². The third kappa shape index (κ3) is 4.96. The molecule has 1 aromatic heterocycles. The number of ether oxygens (including phenoxy) is 1. The standard InChI is InChI=1S/C18H21BrN4O2S/c1-2-8-23-17(14-3-5-15(19)6-4-14)20-18(21-23)26-13-7-16(24)22-9-11-25-12-10-22/h2-6H,1,7-13H2. The van der Waals surface area contributed by atoms with Gasteiger partial charge >= 0.3 is 0 Å². The van der Waals surface area contributed by atoms with Gasteiger partial charge in [-0.05, 0) is 12.1 Å². The molecule has 1 saturated heterocycles. The number of hydrogen-bond donors (Lipinski definition) is 0. The smallest absolute Gasteiger partial charge is 0.223 e. The minimum Gasteiger partial charge on any atom is -0.378 e.